The third-order valence-electron chi connectivity index (χ3n) is 2.01. The molecule has 0 amide bonds. The lowest BCUT2D eigenvalue weighted by Crippen LogP contribution is -2.26. The van der Waals surface area contributed by atoms with Crippen LogP contribution < -0.4 is 4.72 Å². The van der Waals surface area contributed by atoms with Crippen LogP contribution in [0.5, 0.6) is 0 Å². The van der Waals surface area contributed by atoms with Gasteiger partial charge in [-0.3, -0.25) is 4.79 Å². The average molecular weight is 243 g/mol. The van der Waals surface area contributed by atoms with Crippen LogP contribution in [0.2, 0.25) is 0 Å². The molecule has 16 heavy (non-hydrogen) atoms. The third-order valence-corrected chi connectivity index (χ3v) is 3.64. The number of hydrogen-bond donors (Lipinski definition) is 2. The normalized spacial score (nSPS) is 11.3. The number of benzene rings is 1. The van der Waals surface area contributed by atoms with E-state index in [1.165, 1.54) is 6.07 Å². The second kappa shape index (κ2) is 5.09. The van der Waals surface area contributed by atoms with Crippen LogP contribution in [-0.2, 0) is 14.8 Å². The van der Waals surface area contributed by atoms with E-state index in [1.54, 1.807) is 25.1 Å². The van der Waals surface area contributed by atoms with Crippen LogP contribution in [0.4, 0.5) is 0 Å². The summed E-state index contributed by atoms with van der Waals surface area (Å²) >= 11 is 0. The first-order chi connectivity index (χ1) is 7.43. The predicted molar refractivity (Wildman–Crippen MR) is 58.6 cm³/mol. The maximum absolute atomic E-state index is 11.7. The molecule has 0 bridgehead atoms. The Hall–Kier alpha value is -1.40. The van der Waals surface area contributed by atoms with Crippen LogP contribution in [0.25, 0.3) is 0 Å². The molecular weight excluding hydrogens is 230 g/mol. The zero-order valence-corrected chi connectivity index (χ0v) is 9.62. The number of rotatable bonds is 5. The average Bonchev–Trinajstić information content (AvgIpc) is 2.17. The molecule has 6 heteroatoms. The van der Waals surface area contributed by atoms with E-state index < -0.39 is 16.0 Å². The molecule has 5 nitrogen and oxygen atoms in total. The van der Waals surface area contributed by atoms with Crippen molar-refractivity contribution in [1.29, 1.82) is 0 Å². The maximum atomic E-state index is 11.7. The Balaban J connectivity index is 2.79. The van der Waals surface area contributed by atoms with Crippen LogP contribution in [0.15, 0.2) is 29.2 Å². The smallest absolute Gasteiger partial charge is 0.304 e. The Bertz CT molecular complexity index is 481. The Morgan fingerprint density at radius 1 is 1.38 bits per heavy atom. The molecule has 0 spiro atoms. The second-order valence-corrected chi connectivity index (χ2v) is 5.04. The van der Waals surface area contributed by atoms with Gasteiger partial charge in [-0.05, 0) is 18.6 Å². The monoisotopic (exact) mass is 243 g/mol. The Morgan fingerprint density at radius 3 is 2.56 bits per heavy atom. The fraction of sp³-hybridized carbons (Fsp3) is 0.300. The number of aliphatic carboxylic acids is 1. The van der Waals surface area contributed by atoms with Crippen molar-refractivity contribution in [3.8, 4) is 0 Å². The topological polar surface area (TPSA) is 83.5 Å². The molecule has 0 saturated carbocycles. The summed E-state index contributed by atoms with van der Waals surface area (Å²) in [6.45, 7) is 1.58. The maximum Gasteiger partial charge on any atom is 0.304 e. The van der Waals surface area contributed by atoms with Gasteiger partial charge in [-0.15, -0.1) is 0 Å². The van der Waals surface area contributed by atoms with E-state index in [4.69, 9.17) is 5.11 Å². The van der Waals surface area contributed by atoms with Crippen molar-refractivity contribution in [2.45, 2.75) is 18.2 Å². The van der Waals surface area contributed by atoms with Crippen LogP contribution in [-0.4, -0.2) is 26.0 Å². The van der Waals surface area contributed by atoms with E-state index in [9.17, 15) is 13.2 Å². The lowest BCUT2D eigenvalue weighted by atomic mass is 10.2. The fourth-order valence-electron chi connectivity index (χ4n) is 1.23. The first kappa shape index (κ1) is 12.7. The lowest BCUT2D eigenvalue weighted by Gasteiger charge is -2.07. The number of nitrogens with one attached hydrogen (secondary N) is 1. The number of aryl methyl sites for hydroxylation is 1. The van der Waals surface area contributed by atoms with Gasteiger partial charge in [0.05, 0.1) is 11.3 Å². The first-order valence-electron chi connectivity index (χ1n) is 4.70. The molecule has 0 unspecified atom stereocenters. The number of carboxylic acid groups (broad SMARTS) is 1. The van der Waals surface area contributed by atoms with Crippen LogP contribution in [0.3, 0.4) is 0 Å². The summed E-state index contributed by atoms with van der Waals surface area (Å²) in [5, 5.41) is 8.40. The molecule has 0 aromatic heterocycles. The highest BCUT2D eigenvalue weighted by Crippen LogP contribution is 2.13. The zero-order valence-electron chi connectivity index (χ0n) is 8.80. The van der Waals surface area contributed by atoms with Crippen molar-refractivity contribution in [1.82, 2.24) is 4.72 Å². The molecule has 0 fully saturated rings. The summed E-state index contributed by atoms with van der Waals surface area (Å²) in [6, 6.07) is 6.54. The summed E-state index contributed by atoms with van der Waals surface area (Å²) in [5.41, 5.74) is 0.630. The minimum absolute atomic E-state index is 0.105. The van der Waals surface area contributed by atoms with Crippen molar-refractivity contribution in [2.24, 2.45) is 0 Å². The van der Waals surface area contributed by atoms with E-state index in [0.717, 1.165) is 0 Å². The summed E-state index contributed by atoms with van der Waals surface area (Å²) in [4.78, 5) is 10.4. The Kier molecular flexibility index (Phi) is 4.03. The van der Waals surface area contributed by atoms with E-state index in [-0.39, 0.29) is 17.9 Å². The molecule has 0 saturated heterocycles. The lowest BCUT2D eigenvalue weighted by molar-refractivity contribution is -0.136. The zero-order chi connectivity index (χ0) is 12.2. The quantitative estimate of drug-likeness (QED) is 0.799. The van der Waals surface area contributed by atoms with Gasteiger partial charge >= 0.3 is 5.97 Å². The first-order valence-corrected chi connectivity index (χ1v) is 6.19. The number of sulfonamides is 1. The molecule has 0 heterocycles. The van der Waals surface area contributed by atoms with Gasteiger partial charge in [0.1, 0.15) is 0 Å². The largest absolute Gasteiger partial charge is 0.481 e. The second-order valence-electron chi connectivity index (χ2n) is 3.31. The standard InChI is InChI=1S/C10H13NO4S/c1-8-4-2-3-5-9(8)16(14,15)11-7-6-10(12)13/h2-5,11H,6-7H2,1H3,(H,12,13). The highest BCUT2D eigenvalue weighted by molar-refractivity contribution is 7.89. The minimum Gasteiger partial charge on any atom is -0.481 e. The van der Waals surface area contributed by atoms with Crippen LogP contribution in [0, 0.1) is 6.92 Å². The van der Waals surface area contributed by atoms with Gasteiger partial charge < -0.3 is 5.11 Å². The van der Waals surface area contributed by atoms with E-state index >= 15 is 0 Å². The summed E-state index contributed by atoms with van der Waals surface area (Å²) in [5.74, 6) is -1.03. The number of carboxylic acids is 1. The highest BCUT2D eigenvalue weighted by Gasteiger charge is 2.15. The van der Waals surface area contributed by atoms with Gasteiger partial charge in [0.25, 0.3) is 0 Å². The molecule has 2 N–H and O–H groups in total. The van der Waals surface area contributed by atoms with Crippen molar-refractivity contribution in [3.05, 3.63) is 29.8 Å². The number of carbonyl (C=O) groups is 1. The van der Waals surface area contributed by atoms with Gasteiger partial charge in [-0.25, -0.2) is 13.1 Å². The SMILES string of the molecule is Cc1ccccc1S(=O)(=O)NCCC(=O)O. The molecule has 1 aromatic rings. The van der Waals surface area contributed by atoms with Crippen molar-refractivity contribution < 1.29 is 18.3 Å². The van der Waals surface area contributed by atoms with E-state index in [2.05, 4.69) is 4.72 Å². The fourth-order valence-corrected chi connectivity index (χ4v) is 2.50. The van der Waals surface area contributed by atoms with Crippen molar-refractivity contribution in [2.75, 3.05) is 6.54 Å². The summed E-state index contributed by atoms with van der Waals surface area (Å²) in [7, 11) is -3.60. The molecule has 1 rings (SSSR count). The number of hydrogen-bond acceptors (Lipinski definition) is 3. The highest BCUT2D eigenvalue weighted by atomic mass is 32.2. The van der Waals surface area contributed by atoms with E-state index in [0.29, 0.717) is 5.56 Å². The van der Waals surface area contributed by atoms with Gasteiger partial charge in [0, 0.05) is 6.54 Å². The minimum atomic E-state index is -3.60. The van der Waals surface area contributed by atoms with Gasteiger partial charge in [-0.1, -0.05) is 18.2 Å². The molecule has 88 valence electrons. The Labute approximate surface area is 94.2 Å². The molecule has 0 radical (unpaired) electrons. The van der Waals surface area contributed by atoms with Crippen molar-refractivity contribution >= 4 is 16.0 Å². The Morgan fingerprint density at radius 2 is 2.00 bits per heavy atom. The van der Waals surface area contributed by atoms with Crippen LogP contribution in [0.1, 0.15) is 12.0 Å². The van der Waals surface area contributed by atoms with E-state index in [1.807, 2.05) is 0 Å². The molecule has 0 aliphatic heterocycles. The molecular formula is C10H13NO4S. The van der Waals surface area contributed by atoms with Gasteiger partial charge in [0.2, 0.25) is 10.0 Å². The third kappa shape index (κ3) is 3.32. The van der Waals surface area contributed by atoms with Gasteiger partial charge in [-0.2, -0.15) is 0 Å². The molecule has 1 aromatic carbocycles. The summed E-state index contributed by atoms with van der Waals surface area (Å²) < 4.78 is 25.7. The molecule has 0 aliphatic rings. The van der Waals surface area contributed by atoms with Crippen LogP contribution >= 0.6 is 0 Å². The van der Waals surface area contributed by atoms with Gasteiger partial charge in [0.15, 0.2) is 0 Å². The molecule has 0 atom stereocenters. The molecule has 0 aliphatic carbocycles. The van der Waals surface area contributed by atoms with Crippen molar-refractivity contribution in [3.63, 3.8) is 0 Å². The predicted octanol–water partition coefficient (Wildman–Crippen LogP) is 0.748. The summed E-state index contributed by atoms with van der Waals surface area (Å²) in [6.07, 6.45) is -0.231.